The highest BCUT2D eigenvalue weighted by atomic mass is 79.9. The first-order valence-corrected chi connectivity index (χ1v) is 7.36. The zero-order valence-corrected chi connectivity index (χ0v) is 11.2. The Hall–Kier alpha value is -0.280. The van der Waals surface area contributed by atoms with E-state index in [0.29, 0.717) is 6.42 Å². The Labute approximate surface area is 104 Å². The van der Waals surface area contributed by atoms with Crippen molar-refractivity contribution >= 4 is 33.5 Å². The molecule has 0 fully saturated rings. The van der Waals surface area contributed by atoms with E-state index in [2.05, 4.69) is 15.9 Å². The first kappa shape index (κ1) is 12.8. The van der Waals surface area contributed by atoms with Gasteiger partial charge in [0, 0.05) is 22.2 Å². The van der Waals surface area contributed by atoms with E-state index < -0.39 is 0 Å². The predicted octanol–water partition coefficient (Wildman–Crippen LogP) is 4.16. The number of hydrogen-bond donors (Lipinski definition) is 0. The summed E-state index contributed by atoms with van der Waals surface area (Å²) >= 11 is 5.00. The van der Waals surface area contributed by atoms with Gasteiger partial charge in [-0.1, -0.05) is 34.1 Å². The predicted molar refractivity (Wildman–Crippen MR) is 70.2 cm³/mol. The zero-order valence-electron chi connectivity index (χ0n) is 8.83. The highest BCUT2D eigenvalue weighted by Gasteiger charge is 2.09. The van der Waals surface area contributed by atoms with E-state index in [1.807, 2.05) is 30.5 Å². The molecule has 0 unspecified atom stereocenters. The van der Waals surface area contributed by atoms with Gasteiger partial charge in [-0.15, -0.1) is 11.8 Å². The van der Waals surface area contributed by atoms with E-state index in [0.717, 1.165) is 28.6 Å². The molecule has 0 saturated heterocycles. The van der Waals surface area contributed by atoms with Crippen molar-refractivity contribution in [1.82, 2.24) is 0 Å². The van der Waals surface area contributed by atoms with Crippen LogP contribution in [0.4, 0.5) is 0 Å². The average molecular weight is 287 g/mol. The fourth-order valence-corrected chi connectivity index (χ4v) is 2.40. The molecule has 0 atom stereocenters. The minimum absolute atomic E-state index is 0.265. The Morgan fingerprint density at radius 3 is 2.73 bits per heavy atom. The minimum Gasteiger partial charge on any atom is -0.294 e. The number of Topliss-reactive ketones (excluding diaryl/α,β-unsaturated/α-hetero) is 1. The van der Waals surface area contributed by atoms with Crippen LogP contribution in [-0.4, -0.2) is 17.4 Å². The van der Waals surface area contributed by atoms with Crippen LogP contribution in [0.25, 0.3) is 0 Å². The molecule has 15 heavy (non-hydrogen) atoms. The highest BCUT2D eigenvalue weighted by Crippen LogP contribution is 2.21. The molecule has 0 aliphatic heterocycles. The molecule has 3 heteroatoms. The van der Waals surface area contributed by atoms with Crippen molar-refractivity contribution in [2.75, 3.05) is 11.6 Å². The lowest BCUT2D eigenvalue weighted by Gasteiger charge is -2.05. The summed E-state index contributed by atoms with van der Waals surface area (Å²) in [5, 5.41) is 0.977. The second kappa shape index (κ2) is 7.07. The van der Waals surface area contributed by atoms with Crippen LogP contribution in [0.15, 0.2) is 29.2 Å². The number of ketones is 1. The molecule has 1 aromatic carbocycles. The number of thioether (sulfide) groups is 1. The van der Waals surface area contributed by atoms with Gasteiger partial charge in [0.25, 0.3) is 0 Å². The van der Waals surface area contributed by atoms with Crippen molar-refractivity contribution in [2.45, 2.75) is 24.2 Å². The third kappa shape index (κ3) is 3.99. The summed E-state index contributed by atoms with van der Waals surface area (Å²) in [6.45, 7) is 0. The summed E-state index contributed by atoms with van der Waals surface area (Å²) < 4.78 is 0. The average Bonchev–Trinajstić information content (AvgIpc) is 2.29. The number of unbranched alkanes of at least 4 members (excludes halogenated alkanes) is 1. The highest BCUT2D eigenvalue weighted by molar-refractivity contribution is 9.09. The maximum Gasteiger partial charge on any atom is 0.163 e. The Morgan fingerprint density at radius 1 is 1.33 bits per heavy atom. The topological polar surface area (TPSA) is 17.1 Å². The Bertz CT molecular complexity index is 325. The minimum atomic E-state index is 0.265. The second-order valence-electron chi connectivity index (χ2n) is 3.27. The number of benzene rings is 1. The van der Waals surface area contributed by atoms with E-state index >= 15 is 0 Å². The third-order valence-electron chi connectivity index (χ3n) is 2.19. The SMILES string of the molecule is CSc1ccccc1C(=O)CCCCBr. The van der Waals surface area contributed by atoms with E-state index in [1.54, 1.807) is 11.8 Å². The van der Waals surface area contributed by atoms with E-state index in [-0.39, 0.29) is 5.78 Å². The van der Waals surface area contributed by atoms with E-state index in [1.165, 1.54) is 0 Å². The summed E-state index contributed by atoms with van der Waals surface area (Å²) in [5.74, 6) is 0.265. The van der Waals surface area contributed by atoms with Crippen LogP contribution in [-0.2, 0) is 0 Å². The summed E-state index contributed by atoms with van der Waals surface area (Å²) in [4.78, 5) is 13.0. The molecule has 0 bridgehead atoms. The first-order valence-electron chi connectivity index (χ1n) is 5.01. The molecule has 0 saturated carbocycles. The van der Waals surface area contributed by atoms with Crippen LogP contribution in [0.1, 0.15) is 29.6 Å². The summed E-state index contributed by atoms with van der Waals surface area (Å²) in [6.07, 6.45) is 4.69. The van der Waals surface area contributed by atoms with Crippen LogP contribution in [0.3, 0.4) is 0 Å². The van der Waals surface area contributed by atoms with Crippen molar-refractivity contribution in [3.8, 4) is 0 Å². The summed E-state index contributed by atoms with van der Waals surface area (Å²) in [7, 11) is 0. The molecule has 0 radical (unpaired) electrons. The van der Waals surface area contributed by atoms with E-state index in [4.69, 9.17) is 0 Å². The van der Waals surface area contributed by atoms with Crippen LogP contribution >= 0.6 is 27.7 Å². The molecule has 0 N–H and O–H groups in total. The number of rotatable bonds is 6. The molecule has 82 valence electrons. The summed E-state index contributed by atoms with van der Waals surface area (Å²) in [6, 6.07) is 7.82. The normalized spacial score (nSPS) is 10.3. The van der Waals surface area contributed by atoms with Crippen molar-refractivity contribution < 1.29 is 4.79 Å². The molecule has 0 aliphatic rings. The van der Waals surface area contributed by atoms with Gasteiger partial charge in [-0.2, -0.15) is 0 Å². The number of hydrogen-bond acceptors (Lipinski definition) is 2. The summed E-state index contributed by atoms with van der Waals surface area (Å²) in [5.41, 5.74) is 0.875. The second-order valence-corrected chi connectivity index (χ2v) is 4.91. The lowest BCUT2D eigenvalue weighted by atomic mass is 10.1. The third-order valence-corrected chi connectivity index (χ3v) is 3.55. The van der Waals surface area contributed by atoms with Crippen LogP contribution in [0.2, 0.25) is 0 Å². The Kier molecular flexibility index (Phi) is 6.03. The molecule has 0 heterocycles. The van der Waals surface area contributed by atoms with Gasteiger partial charge in [0.15, 0.2) is 5.78 Å². The Morgan fingerprint density at radius 2 is 2.07 bits per heavy atom. The van der Waals surface area contributed by atoms with Crippen molar-refractivity contribution in [2.24, 2.45) is 0 Å². The van der Waals surface area contributed by atoms with Gasteiger partial charge in [-0.25, -0.2) is 0 Å². The number of carbonyl (C=O) groups excluding carboxylic acids is 1. The van der Waals surface area contributed by atoms with Gasteiger partial charge in [0.1, 0.15) is 0 Å². The monoisotopic (exact) mass is 286 g/mol. The smallest absolute Gasteiger partial charge is 0.163 e. The van der Waals surface area contributed by atoms with Gasteiger partial charge >= 0.3 is 0 Å². The van der Waals surface area contributed by atoms with Crippen molar-refractivity contribution in [3.05, 3.63) is 29.8 Å². The molecule has 1 aromatic rings. The standard InChI is InChI=1S/C12H15BrOS/c1-15-12-8-3-2-6-10(12)11(14)7-4-5-9-13/h2-3,6,8H,4-5,7,9H2,1H3. The molecular weight excluding hydrogens is 272 g/mol. The van der Waals surface area contributed by atoms with Crippen LogP contribution < -0.4 is 0 Å². The van der Waals surface area contributed by atoms with Gasteiger partial charge < -0.3 is 0 Å². The molecule has 0 aliphatic carbocycles. The molecule has 1 nitrogen and oxygen atoms in total. The molecule has 0 spiro atoms. The van der Waals surface area contributed by atoms with Crippen LogP contribution in [0.5, 0.6) is 0 Å². The fraction of sp³-hybridized carbons (Fsp3) is 0.417. The molecule has 1 rings (SSSR count). The largest absolute Gasteiger partial charge is 0.294 e. The molecule has 0 aromatic heterocycles. The maximum atomic E-state index is 11.9. The fourth-order valence-electron chi connectivity index (χ4n) is 1.39. The van der Waals surface area contributed by atoms with Crippen molar-refractivity contribution in [1.29, 1.82) is 0 Å². The quantitative estimate of drug-likeness (QED) is 0.338. The van der Waals surface area contributed by atoms with E-state index in [9.17, 15) is 4.79 Å². The lowest BCUT2D eigenvalue weighted by Crippen LogP contribution is -2.00. The van der Waals surface area contributed by atoms with Crippen LogP contribution in [0, 0.1) is 0 Å². The zero-order chi connectivity index (χ0) is 11.1. The number of halogens is 1. The molecular formula is C12H15BrOS. The lowest BCUT2D eigenvalue weighted by molar-refractivity contribution is 0.0977. The van der Waals surface area contributed by atoms with Gasteiger partial charge in [0.2, 0.25) is 0 Å². The first-order chi connectivity index (χ1) is 7.29. The maximum absolute atomic E-state index is 11.9. The number of carbonyl (C=O) groups is 1. The van der Waals surface area contributed by atoms with Gasteiger partial charge in [-0.3, -0.25) is 4.79 Å². The molecule has 0 amide bonds. The van der Waals surface area contributed by atoms with Gasteiger partial charge in [-0.05, 0) is 25.2 Å². The number of alkyl halides is 1. The van der Waals surface area contributed by atoms with Crippen molar-refractivity contribution in [3.63, 3.8) is 0 Å². The van der Waals surface area contributed by atoms with Gasteiger partial charge in [0.05, 0.1) is 0 Å². The Balaban J connectivity index is 2.64.